The third kappa shape index (κ3) is 43.3. The van der Waals surface area contributed by atoms with Gasteiger partial charge in [-0.15, -0.1) is 11.3 Å². The van der Waals surface area contributed by atoms with E-state index in [-0.39, 0.29) is 79.9 Å². The van der Waals surface area contributed by atoms with Crippen LogP contribution in [0.1, 0.15) is 304 Å². The first-order valence-corrected chi connectivity index (χ1v) is 51.3. The van der Waals surface area contributed by atoms with Crippen LogP contribution in [0, 0.1) is 73.0 Å². The van der Waals surface area contributed by atoms with Gasteiger partial charge < -0.3 is 37.4 Å². The van der Waals surface area contributed by atoms with Crippen LogP contribution in [0.3, 0.4) is 0 Å². The number of benzene rings is 10. The maximum Gasteiger partial charge on any atom is 0.231 e. The lowest BCUT2D eigenvalue weighted by atomic mass is 9.97. The maximum absolute atomic E-state index is 5.85. The quantitative estimate of drug-likeness (QED) is 0.0772. The number of aromatic nitrogens is 6. The van der Waals surface area contributed by atoms with Crippen LogP contribution in [0.4, 0.5) is 0 Å². The fourth-order valence-corrected chi connectivity index (χ4v) is 19.0. The first-order chi connectivity index (χ1) is 64.9. The Labute approximate surface area is 894 Å². The van der Waals surface area contributed by atoms with Crippen LogP contribution >= 0.6 is 22.9 Å². The van der Waals surface area contributed by atoms with Crippen LogP contribution in [-0.4, -0.2) is 61.7 Å². The van der Waals surface area contributed by atoms with Gasteiger partial charge in [0.2, 0.25) is 6.79 Å². The number of aromatic amines is 1. The SMILES string of the molecule is C.C.C.C.C.C.C.C.C.C.CC(C)Cc1ccc2c(c1)CC(C)(C)O2.CC(C)Cc1ccc2c(c1)CCO2.CC(C)Cc1ccc2c(c1)OCCO2.CC(C)Cc1ccc2c(c1)OCO2.CC(C)Cc1ccc2cn[nH]c2c1.CC(C)Cc1ccc2cnn(C)c2c1.CC(C)Cc1ccc2cnoc2c1.CC(C)Cc1ccc2cnsc2c1.Cc1cc2ccc(CC(C)C)cc2o1.Cc1cc2ccc(CC(C)C)cc2s1. The van der Waals surface area contributed by atoms with Crippen LogP contribution in [0.2, 0.25) is 0 Å². The van der Waals surface area contributed by atoms with Gasteiger partial charge in [0.15, 0.2) is 28.6 Å². The molecular formula is C130H194N6O8S2. The molecule has 1 N–H and O–H groups in total. The second kappa shape index (κ2) is 64.8. The van der Waals surface area contributed by atoms with E-state index in [4.69, 9.17) is 37.4 Å². The van der Waals surface area contributed by atoms with Crippen LogP contribution in [0.15, 0.2) is 228 Å². The van der Waals surface area contributed by atoms with Crippen molar-refractivity contribution in [2.24, 2.45) is 66.2 Å². The number of thiophene rings is 1. The number of furan rings is 1. The van der Waals surface area contributed by atoms with Gasteiger partial charge in [-0.2, -0.15) is 14.6 Å². The van der Waals surface area contributed by atoms with Crippen molar-refractivity contribution in [3.8, 4) is 34.5 Å². The van der Waals surface area contributed by atoms with Crippen LogP contribution in [0.25, 0.3) is 63.9 Å². The largest absolute Gasteiger partial charge is 0.493 e. The van der Waals surface area contributed by atoms with Crippen LogP contribution in [0.5, 0.6) is 34.5 Å². The van der Waals surface area contributed by atoms with Crippen molar-refractivity contribution in [2.75, 3.05) is 26.6 Å². The van der Waals surface area contributed by atoms with Crippen molar-refractivity contribution in [3.05, 3.63) is 296 Å². The fourth-order valence-electron chi connectivity index (χ4n) is 17.3. The standard InChI is InChI=1S/C14H20O.C13H16O.C13H16S.C12H16N2.C12H16O2.C12H16O.C11H14N2.C11H13NO.C11H13NS.C11H14O2.10CH4/c1-10(2)7-11-5-6-13-12(8-11)9-14(3,4)15-13;2*1-9(2)6-11-4-5-12-7-10(3)14-13(12)8-11;1-9(2)6-10-4-5-11-8-13-14(3)12(11)7-10;1-9(2)7-10-3-4-11-12(8-10)14-6-5-13-11;1-9(2)7-10-3-4-12-11(8-10)5-6-13-12;3*1-8(2)5-9-3-4-10-7-12-13-11(10)6-9;1-8(2)5-9-3-4-10-11(6-9)13-7-12-10;;;;;;;;;;/h5-6,8,10H,7,9H2,1-4H3;3*4-5,7-9H,6H2,1-3H3;3-4,8-9H,5-7H2,1-2H3;3-4,8-9H,5-7H2,1-2H3;3-4,6-8H,5H2,1-2H3,(H,12,13);2*3-4,6-8H,5H2,1-2H3;3-4,6,8H,5,7H2,1-2H3;10*1H4. The number of H-pyrrole nitrogens is 1. The van der Waals surface area contributed by atoms with E-state index in [0.717, 1.165) is 157 Å². The van der Waals surface area contributed by atoms with Gasteiger partial charge in [-0.25, -0.2) is 0 Å². The zero-order valence-corrected chi connectivity index (χ0v) is 87.8. The minimum Gasteiger partial charge on any atom is -0.493 e. The molecule has 804 valence electrons. The molecule has 146 heavy (non-hydrogen) atoms. The first kappa shape index (κ1) is 133. The molecule has 6 aromatic heterocycles. The van der Waals surface area contributed by atoms with Crippen molar-refractivity contribution in [3.63, 3.8) is 0 Å². The van der Waals surface area contributed by atoms with E-state index in [0.29, 0.717) is 55.5 Å². The highest BCUT2D eigenvalue weighted by Gasteiger charge is 2.30. The van der Waals surface area contributed by atoms with Crippen molar-refractivity contribution >= 4 is 86.8 Å². The van der Waals surface area contributed by atoms with Crippen molar-refractivity contribution in [1.29, 1.82) is 0 Å². The number of hydrogen-bond donors (Lipinski definition) is 1. The summed E-state index contributed by atoms with van der Waals surface area (Å²) in [6.45, 7) is 55.8. The summed E-state index contributed by atoms with van der Waals surface area (Å²) in [4.78, 5) is 1.40. The number of hydrogen-bond acceptors (Lipinski definition) is 14. The molecule has 0 saturated heterocycles. The number of nitrogens with zero attached hydrogens (tertiary/aromatic N) is 5. The molecule has 0 saturated carbocycles. The second-order valence-corrected chi connectivity index (χ2v) is 44.1. The Bertz CT molecular complexity index is 6020. The monoisotopic (exact) mass is 2030 g/mol. The van der Waals surface area contributed by atoms with E-state index < -0.39 is 0 Å². The highest BCUT2D eigenvalue weighted by Crippen LogP contribution is 2.38. The predicted molar refractivity (Wildman–Crippen MR) is 641 cm³/mol. The number of aryl methyl sites for hydroxylation is 3. The molecule has 20 rings (SSSR count). The summed E-state index contributed by atoms with van der Waals surface area (Å²) in [7, 11) is 1.99. The molecule has 0 bridgehead atoms. The molecule has 16 heteroatoms. The first-order valence-electron chi connectivity index (χ1n) is 49.8. The van der Waals surface area contributed by atoms with E-state index in [9.17, 15) is 0 Å². The van der Waals surface area contributed by atoms with Gasteiger partial charge in [0.1, 0.15) is 41.7 Å². The lowest BCUT2D eigenvalue weighted by molar-refractivity contribution is 0.138. The van der Waals surface area contributed by atoms with Gasteiger partial charge in [-0.3, -0.25) is 9.78 Å². The lowest BCUT2D eigenvalue weighted by Crippen LogP contribution is -2.24. The van der Waals surface area contributed by atoms with Gasteiger partial charge in [0.05, 0.1) is 40.9 Å². The third-order valence-corrected chi connectivity index (χ3v) is 24.7. The highest BCUT2D eigenvalue weighted by atomic mass is 32.1. The van der Waals surface area contributed by atoms with Crippen LogP contribution < -0.4 is 28.4 Å². The number of rotatable bonds is 20. The van der Waals surface area contributed by atoms with E-state index in [1.165, 1.54) is 126 Å². The Hall–Kier alpha value is -11.2. The average Bonchev–Trinajstić information content (AvgIpc) is 1.65. The smallest absolute Gasteiger partial charge is 0.231 e. The van der Waals surface area contributed by atoms with Crippen molar-refractivity contribution in [2.45, 2.75) is 323 Å². The molecule has 0 radical (unpaired) electrons. The molecule has 10 heterocycles. The molecule has 4 aliphatic heterocycles. The van der Waals surface area contributed by atoms with E-state index in [2.05, 4.69) is 366 Å². The van der Waals surface area contributed by atoms with E-state index >= 15 is 0 Å². The average molecular weight is 2030 g/mol. The molecule has 0 amide bonds. The summed E-state index contributed by atoms with van der Waals surface area (Å²) in [6, 6.07) is 69.2. The Morgan fingerprint density at radius 3 is 1.25 bits per heavy atom. The fraction of sp³-hybridized carbons (Fsp3) is 0.477. The number of ether oxygens (including phenoxy) is 6. The summed E-state index contributed by atoms with van der Waals surface area (Å²) in [6.07, 6.45) is 20.9. The van der Waals surface area contributed by atoms with Gasteiger partial charge >= 0.3 is 0 Å². The summed E-state index contributed by atoms with van der Waals surface area (Å²) in [5.41, 5.74) is 20.9. The van der Waals surface area contributed by atoms with Gasteiger partial charge in [-0.05, 0) is 326 Å². The molecule has 16 aromatic rings. The molecule has 4 aliphatic rings. The summed E-state index contributed by atoms with van der Waals surface area (Å²) in [5.74, 6) is 13.8. The molecule has 0 fully saturated rings. The third-order valence-electron chi connectivity index (χ3n) is 22.9. The Morgan fingerprint density at radius 2 is 0.726 bits per heavy atom. The normalized spacial score (nSPS) is 12.0. The Balaban J connectivity index is 0.000000805. The summed E-state index contributed by atoms with van der Waals surface area (Å²) >= 11 is 3.47. The molecule has 0 spiro atoms. The Kier molecular flexibility index (Phi) is 59.0. The van der Waals surface area contributed by atoms with Gasteiger partial charge in [-0.1, -0.05) is 321 Å². The summed E-state index contributed by atoms with van der Waals surface area (Å²) in [5, 5.41) is 22.3. The lowest BCUT2D eigenvalue weighted by Gasteiger charge is -2.19. The zero-order chi connectivity index (χ0) is 97.7. The van der Waals surface area contributed by atoms with E-state index in [1.807, 2.05) is 60.7 Å². The maximum atomic E-state index is 5.85. The Morgan fingerprint density at radius 1 is 0.336 bits per heavy atom. The molecular weight excluding hydrogens is 1840 g/mol. The van der Waals surface area contributed by atoms with Gasteiger partial charge in [0.25, 0.3) is 0 Å². The van der Waals surface area contributed by atoms with Crippen molar-refractivity contribution < 1.29 is 37.4 Å². The molecule has 0 atom stereocenters. The van der Waals surface area contributed by atoms with E-state index in [1.54, 1.807) is 17.7 Å². The van der Waals surface area contributed by atoms with Crippen molar-refractivity contribution in [1.82, 2.24) is 29.5 Å². The van der Waals surface area contributed by atoms with Gasteiger partial charge in [0, 0.05) is 62.6 Å². The predicted octanol–water partition coefficient (Wildman–Crippen LogP) is 38.5. The molecule has 14 nitrogen and oxygen atoms in total. The minimum absolute atomic E-state index is 0. The number of fused-ring (bicyclic) bond motifs is 10. The topological polar surface area (TPSA) is 154 Å². The molecule has 10 aromatic carbocycles. The highest BCUT2D eigenvalue weighted by molar-refractivity contribution is 7.19. The zero-order valence-electron chi connectivity index (χ0n) is 86.2. The van der Waals surface area contributed by atoms with Crippen LogP contribution in [-0.2, 0) is 84.1 Å². The molecule has 0 aliphatic carbocycles. The molecule has 0 unspecified atom stereocenters. The minimum atomic E-state index is -0.0151. The summed E-state index contributed by atoms with van der Waals surface area (Å²) < 4.78 is 52.3. The number of nitrogens with one attached hydrogen (secondary N) is 1. The second-order valence-electron chi connectivity index (χ2n) is 42.0.